The number of furan rings is 1. The van der Waals surface area contributed by atoms with Crippen molar-refractivity contribution < 1.29 is 14.0 Å². The molecule has 0 saturated carbocycles. The summed E-state index contributed by atoms with van der Waals surface area (Å²) in [5, 5.41) is 2.78. The summed E-state index contributed by atoms with van der Waals surface area (Å²) in [6.07, 6.45) is 3.57. The highest BCUT2D eigenvalue weighted by atomic mass is 16.3. The average Bonchev–Trinajstić information content (AvgIpc) is 3.12. The van der Waals surface area contributed by atoms with Crippen molar-refractivity contribution in [1.29, 1.82) is 0 Å². The molecule has 0 spiro atoms. The number of carbonyl (C=O) groups excluding carboxylic acids is 2. The van der Waals surface area contributed by atoms with E-state index in [1.807, 2.05) is 24.3 Å². The molecule has 5 heteroatoms. The molecule has 1 aliphatic heterocycles. The Bertz CT molecular complexity index is 722. The number of nitrogens with zero attached hydrogens (tertiary/aromatic N) is 1. The SMILES string of the molecule is C=CCNC(=O)C1Cc2ccccc2CN1C(=O)c1ccco1. The number of nitrogens with one attached hydrogen (secondary N) is 1. The maximum atomic E-state index is 12.7. The van der Waals surface area contributed by atoms with Crippen LogP contribution in [0.1, 0.15) is 21.7 Å². The second-order valence-corrected chi connectivity index (χ2v) is 5.43. The van der Waals surface area contributed by atoms with Crippen molar-refractivity contribution in [3.05, 3.63) is 72.2 Å². The van der Waals surface area contributed by atoms with Gasteiger partial charge in [0.05, 0.1) is 6.26 Å². The first-order valence-corrected chi connectivity index (χ1v) is 7.50. The van der Waals surface area contributed by atoms with E-state index in [1.54, 1.807) is 23.1 Å². The molecule has 0 bridgehead atoms. The van der Waals surface area contributed by atoms with Crippen LogP contribution in [0.5, 0.6) is 0 Å². The fourth-order valence-electron chi connectivity index (χ4n) is 2.80. The van der Waals surface area contributed by atoms with Gasteiger partial charge in [-0.25, -0.2) is 0 Å². The molecular formula is C18H18N2O3. The molecule has 1 N–H and O–H groups in total. The quantitative estimate of drug-likeness (QED) is 0.880. The Kier molecular flexibility index (Phi) is 4.28. The van der Waals surface area contributed by atoms with E-state index in [2.05, 4.69) is 11.9 Å². The van der Waals surface area contributed by atoms with Crippen LogP contribution in [0.3, 0.4) is 0 Å². The van der Waals surface area contributed by atoms with Crippen molar-refractivity contribution in [3.63, 3.8) is 0 Å². The monoisotopic (exact) mass is 310 g/mol. The standard InChI is InChI=1S/C18H18N2O3/c1-2-9-19-17(21)15-11-13-6-3-4-7-14(13)12-20(15)18(22)16-8-5-10-23-16/h2-8,10,15H,1,9,11-12H2,(H,19,21). The molecule has 1 aromatic heterocycles. The number of fused-ring (bicyclic) bond motifs is 1. The summed E-state index contributed by atoms with van der Waals surface area (Å²) in [7, 11) is 0. The van der Waals surface area contributed by atoms with Gasteiger partial charge in [0.25, 0.3) is 5.91 Å². The second-order valence-electron chi connectivity index (χ2n) is 5.43. The molecule has 2 heterocycles. The summed E-state index contributed by atoms with van der Waals surface area (Å²) in [4.78, 5) is 26.7. The maximum absolute atomic E-state index is 12.7. The minimum atomic E-state index is -0.553. The zero-order valence-corrected chi connectivity index (χ0v) is 12.7. The predicted molar refractivity (Wildman–Crippen MR) is 85.7 cm³/mol. The predicted octanol–water partition coefficient (Wildman–Crippen LogP) is 2.15. The van der Waals surface area contributed by atoms with Gasteiger partial charge in [-0.2, -0.15) is 0 Å². The number of hydrogen-bond acceptors (Lipinski definition) is 3. The lowest BCUT2D eigenvalue weighted by atomic mass is 9.93. The van der Waals surface area contributed by atoms with Crippen molar-refractivity contribution in [2.45, 2.75) is 19.0 Å². The maximum Gasteiger partial charge on any atom is 0.290 e. The van der Waals surface area contributed by atoms with Crippen LogP contribution in [-0.2, 0) is 17.8 Å². The minimum absolute atomic E-state index is 0.181. The molecule has 5 nitrogen and oxygen atoms in total. The Morgan fingerprint density at radius 3 is 2.74 bits per heavy atom. The van der Waals surface area contributed by atoms with Crippen LogP contribution in [-0.4, -0.2) is 29.3 Å². The first-order valence-electron chi connectivity index (χ1n) is 7.50. The van der Waals surface area contributed by atoms with Crippen molar-refractivity contribution >= 4 is 11.8 Å². The molecule has 1 unspecified atom stereocenters. The van der Waals surface area contributed by atoms with E-state index in [4.69, 9.17) is 4.42 Å². The Hall–Kier alpha value is -2.82. The van der Waals surface area contributed by atoms with E-state index in [1.165, 1.54) is 6.26 Å². The highest BCUT2D eigenvalue weighted by molar-refractivity contribution is 5.96. The molecule has 3 rings (SSSR count). The van der Waals surface area contributed by atoms with Crippen molar-refractivity contribution in [3.8, 4) is 0 Å². The fourth-order valence-corrected chi connectivity index (χ4v) is 2.80. The third-order valence-corrected chi connectivity index (χ3v) is 3.96. The molecule has 2 amide bonds. The Morgan fingerprint density at radius 1 is 1.26 bits per heavy atom. The lowest BCUT2D eigenvalue weighted by molar-refractivity contribution is -0.125. The van der Waals surface area contributed by atoms with E-state index in [0.29, 0.717) is 19.5 Å². The third kappa shape index (κ3) is 3.04. The van der Waals surface area contributed by atoms with Gasteiger partial charge in [-0.15, -0.1) is 6.58 Å². The number of hydrogen-bond donors (Lipinski definition) is 1. The molecule has 0 saturated heterocycles. The van der Waals surface area contributed by atoms with E-state index in [0.717, 1.165) is 11.1 Å². The number of carbonyl (C=O) groups is 2. The van der Waals surface area contributed by atoms with Crippen LogP contribution in [0, 0.1) is 0 Å². The first-order chi connectivity index (χ1) is 11.2. The van der Waals surface area contributed by atoms with Gasteiger partial charge in [0, 0.05) is 19.5 Å². The summed E-state index contributed by atoms with van der Waals surface area (Å²) in [6.45, 7) is 4.36. The molecule has 0 fully saturated rings. The zero-order valence-electron chi connectivity index (χ0n) is 12.7. The smallest absolute Gasteiger partial charge is 0.290 e. The topological polar surface area (TPSA) is 62.6 Å². The Balaban J connectivity index is 1.91. The van der Waals surface area contributed by atoms with Crippen LogP contribution < -0.4 is 5.32 Å². The van der Waals surface area contributed by atoms with Crippen LogP contribution in [0.15, 0.2) is 59.7 Å². The fraction of sp³-hybridized carbons (Fsp3) is 0.222. The summed E-state index contributed by atoms with van der Waals surface area (Å²) in [6, 6.07) is 10.6. The molecule has 0 aliphatic carbocycles. The van der Waals surface area contributed by atoms with E-state index < -0.39 is 6.04 Å². The highest BCUT2D eigenvalue weighted by Gasteiger charge is 2.35. The van der Waals surface area contributed by atoms with Gasteiger partial charge in [0.15, 0.2) is 5.76 Å². The minimum Gasteiger partial charge on any atom is -0.459 e. The molecule has 2 aromatic rings. The van der Waals surface area contributed by atoms with E-state index >= 15 is 0 Å². The summed E-state index contributed by atoms with van der Waals surface area (Å²) < 4.78 is 5.21. The Labute approximate surface area is 134 Å². The van der Waals surface area contributed by atoms with Gasteiger partial charge in [0.2, 0.25) is 5.91 Å². The first kappa shape index (κ1) is 15.1. The Morgan fingerprint density at radius 2 is 2.04 bits per heavy atom. The number of amides is 2. The van der Waals surface area contributed by atoms with Crippen molar-refractivity contribution in [2.75, 3.05) is 6.54 Å². The summed E-state index contributed by atoms with van der Waals surface area (Å²) in [5.74, 6) is -0.214. The van der Waals surface area contributed by atoms with Gasteiger partial charge in [-0.1, -0.05) is 30.3 Å². The van der Waals surface area contributed by atoms with E-state index in [9.17, 15) is 9.59 Å². The lowest BCUT2D eigenvalue weighted by Gasteiger charge is -2.35. The molecule has 23 heavy (non-hydrogen) atoms. The lowest BCUT2D eigenvalue weighted by Crippen LogP contribution is -2.52. The van der Waals surface area contributed by atoms with E-state index in [-0.39, 0.29) is 17.6 Å². The van der Waals surface area contributed by atoms with Gasteiger partial charge in [-0.05, 0) is 23.3 Å². The molecule has 1 atom stereocenters. The molecule has 1 aliphatic rings. The average molecular weight is 310 g/mol. The summed E-state index contributed by atoms with van der Waals surface area (Å²) in [5.41, 5.74) is 2.15. The molecule has 1 aromatic carbocycles. The largest absolute Gasteiger partial charge is 0.459 e. The third-order valence-electron chi connectivity index (χ3n) is 3.96. The normalized spacial score (nSPS) is 16.5. The second kappa shape index (κ2) is 6.52. The van der Waals surface area contributed by atoms with Crippen LogP contribution in [0.25, 0.3) is 0 Å². The van der Waals surface area contributed by atoms with Gasteiger partial charge in [0.1, 0.15) is 6.04 Å². The number of benzene rings is 1. The van der Waals surface area contributed by atoms with Gasteiger partial charge in [-0.3, -0.25) is 9.59 Å². The van der Waals surface area contributed by atoms with Crippen LogP contribution in [0.2, 0.25) is 0 Å². The van der Waals surface area contributed by atoms with Gasteiger partial charge < -0.3 is 14.6 Å². The van der Waals surface area contributed by atoms with Crippen molar-refractivity contribution in [1.82, 2.24) is 10.2 Å². The highest BCUT2D eigenvalue weighted by Crippen LogP contribution is 2.25. The molecule has 118 valence electrons. The molecule has 0 radical (unpaired) electrons. The van der Waals surface area contributed by atoms with Crippen LogP contribution in [0.4, 0.5) is 0 Å². The zero-order chi connectivity index (χ0) is 16.2. The van der Waals surface area contributed by atoms with Gasteiger partial charge >= 0.3 is 0 Å². The van der Waals surface area contributed by atoms with Crippen LogP contribution >= 0.6 is 0 Å². The summed E-state index contributed by atoms with van der Waals surface area (Å²) >= 11 is 0. The molecular weight excluding hydrogens is 292 g/mol. The number of rotatable bonds is 4. The van der Waals surface area contributed by atoms with Crippen molar-refractivity contribution in [2.24, 2.45) is 0 Å².